The normalized spacial score (nSPS) is 15.9. The molecule has 1 amide bonds. The van der Waals surface area contributed by atoms with Crippen molar-refractivity contribution in [1.82, 2.24) is 9.88 Å². The lowest BCUT2D eigenvalue weighted by Crippen LogP contribution is -2.52. The number of carboxylic acids is 2. The minimum Gasteiger partial charge on any atom is -0.479 e. The van der Waals surface area contributed by atoms with Crippen LogP contribution in [0, 0.1) is 5.82 Å². The highest BCUT2D eigenvalue weighted by atomic mass is 19.1. The first kappa shape index (κ1) is 32.1. The number of nitrogens with zero attached hydrogens (tertiary/aromatic N) is 3. The largest absolute Gasteiger partial charge is 0.479 e. The second-order valence-corrected chi connectivity index (χ2v) is 10.6. The Morgan fingerprint density at radius 2 is 1.38 bits per heavy atom. The molecule has 0 spiro atoms. The second kappa shape index (κ2) is 14.0. The summed E-state index contributed by atoms with van der Waals surface area (Å²) in [7, 11) is 6.35. The molecule has 0 aliphatic carbocycles. The van der Waals surface area contributed by atoms with Crippen molar-refractivity contribution in [2.45, 2.75) is 31.1 Å². The minimum absolute atomic E-state index is 0.0414. The summed E-state index contributed by atoms with van der Waals surface area (Å²) in [6.45, 7) is 2.14. The SMILES string of the molecule is CN(C(=O)c1cc(-c2ccc(Oc3ccc(F)cc3)cc2)ccn1)C1CC[N+](C)(C)CC1.O=C(O)C(O)C(O)C(=O)O. The molecular weight excluding hydrogens is 549 g/mol. The summed E-state index contributed by atoms with van der Waals surface area (Å²) >= 11 is 0. The summed E-state index contributed by atoms with van der Waals surface area (Å²) in [6.07, 6.45) is -0.843. The van der Waals surface area contributed by atoms with E-state index in [0.717, 1.165) is 41.5 Å². The second-order valence-electron chi connectivity index (χ2n) is 10.6. The molecule has 2 heterocycles. The lowest BCUT2D eigenvalue weighted by Gasteiger charge is -2.40. The zero-order valence-corrected chi connectivity index (χ0v) is 23.6. The smallest absolute Gasteiger partial charge is 0.335 e. The fourth-order valence-electron chi connectivity index (χ4n) is 4.34. The zero-order chi connectivity index (χ0) is 31.0. The van der Waals surface area contributed by atoms with Gasteiger partial charge in [-0.2, -0.15) is 0 Å². The Morgan fingerprint density at radius 3 is 1.88 bits per heavy atom. The zero-order valence-electron chi connectivity index (χ0n) is 23.6. The van der Waals surface area contributed by atoms with Crippen molar-refractivity contribution >= 4 is 17.8 Å². The molecule has 0 radical (unpaired) electrons. The molecule has 12 heteroatoms. The summed E-state index contributed by atoms with van der Waals surface area (Å²) in [4.78, 5) is 38.8. The van der Waals surface area contributed by atoms with Gasteiger partial charge in [0.15, 0.2) is 12.2 Å². The molecule has 0 saturated carbocycles. The Labute approximate surface area is 242 Å². The van der Waals surface area contributed by atoms with E-state index in [1.807, 2.05) is 48.3 Å². The Balaban J connectivity index is 0.000000416. The molecule has 42 heavy (non-hydrogen) atoms. The van der Waals surface area contributed by atoms with Crippen LogP contribution in [-0.2, 0) is 9.59 Å². The number of aliphatic carboxylic acids is 2. The van der Waals surface area contributed by atoms with Crippen LogP contribution in [-0.4, -0.2) is 105 Å². The molecule has 2 atom stereocenters. The van der Waals surface area contributed by atoms with E-state index in [1.54, 1.807) is 18.3 Å². The Hall–Kier alpha value is -4.39. The van der Waals surface area contributed by atoms with Gasteiger partial charge < -0.3 is 34.5 Å². The van der Waals surface area contributed by atoms with Gasteiger partial charge in [0.05, 0.1) is 27.2 Å². The third-order valence-corrected chi connectivity index (χ3v) is 7.02. The molecule has 1 aliphatic heterocycles. The van der Waals surface area contributed by atoms with Crippen LogP contribution in [0.1, 0.15) is 23.3 Å². The third-order valence-electron chi connectivity index (χ3n) is 7.02. The molecule has 0 bridgehead atoms. The predicted octanol–water partition coefficient (Wildman–Crippen LogP) is 2.87. The van der Waals surface area contributed by atoms with Gasteiger partial charge in [-0.15, -0.1) is 0 Å². The summed E-state index contributed by atoms with van der Waals surface area (Å²) < 4.78 is 19.8. The maximum atomic E-state index is 13.1. The van der Waals surface area contributed by atoms with Crippen LogP contribution in [0.25, 0.3) is 11.1 Å². The summed E-state index contributed by atoms with van der Waals surface area (Å²) in [6, 6.07) is 17.5. The van der Waals surface area contributed by atoms with E-state index in [0.29, 0.717) is 17.2 Å². The van der Waals surface area contributed by atoms with Gasteiger partial charge in [-0.05, 0) is 59.7 Å². The molecule has 11 nitrogen and oxygen atoms in total. The number of hydrogen-bond donors (Lipinski definition) is 4. The number of carboxylic acid groups (broad SMARTS) is 2. The number of carbonyl (C=O) groups is 3. The highest BCUT2D eigenvalue weighted by Crippen LogP contribution is 2.27. The van der Waals surface area contributed by atoms with Crippen molar-refractivity contribution < 1.29 is 48.4 Å². The van der Waals surface area contributed by atoms with Crippen molar-refractivity contribution in [3.8, 4) is 22.6 Å². The summed E-state index contributed by atoms with van der Waals surface area (Å²) in [5, 5.41) is 32.5. The van der Waals surface area contributed by atoms with Gasteiger partial charge in [0.1, 0.15) is 23.0 Å². The van der Waals surface area contributed by atoms with Crippen LogP contribution >= 0.6 is 0 Å². The Kier molecular flexibility index (Phi) is 10.7. The Bertz CT molecular complexity index is 1350. The van der Waals surface area contributed by atoms with Crippen molar-refractivity contribution in [3.05, 3.63) is 78.4 Å². The number of aromatic nitrogens is 1. The number of carbonyl (C=O) groups excluding carboxylic acids is 1. The lowest BCUT2D eigenvalue weighted by atomic mass is 10.0. The van der Waals surface area contributed by atoms with Crippen molar-refractivity contribution in [2.75, 3.05) is 34.2 Å². The van der Waals surface area contributed by atoms with Crippen molar-refractivity contribution in [3.63, 3.8) is 0 Å². The van der Waals surface area contributed by atoms with Crippen LogP contribution in [0.5, 0.6) is 11.5 Å². The molecule has 3 aromatic rings. The molecule has 1 saturated heterocycles. The molecule has 2 aromatic carbocycles. The van der Waals surface area contributed by atoms with Crippen molar-refractivity contribution in [2.24, 2.45) is 0 Å². The van der Waals surface area contributed by atoms with Crippen LogP contribution in [0.2, 0.25) is 0 Å². The first-order valence-electron chi connectivity index (χ1n) is 13.2. The van der Waals surface area contributed by atoms with E-state index >= 15 is 0 Å². The van der Waals surface area contributed by atoms with Gasteiger partial charge in [-0.25, -0.2) is 14.0 Å². The number of halogens is 1. The number of benzene rings is 2. The van der Waals surface area contributed by atoms with Gasteiger partial charge in [-0.1, -0.05) is 12.1 Å². The van der Waals surface area contributed by atoms with Crippen molar-refractivity contribution in [1.29, 1.82) is 0 Å². The minimum atomic E-state index is -2.27. The standard InChI is InChI=1S/C26H29FN3O2.C4H6O6/c1-29(22-13-16-30(2,3)17-14-22)26(31)25-18-20(12-15-28-25)19-4-8-23(9-5-19)32-24-10-6-21(27)7-11-24;5-1(3(7)8)2(6)4(9)10/h4-12,15,18,22H,13-14,16-17H2,1-3H3;1-2,5-6H,(H,7,8)(H,9,10)/q+1;. The quantitative estimate of drug-likeness (QED) is 0.292. The van der Waals surface area contributed by atoms with E-state index < -0.39 is 24.1 Å². The van der Waals surface area contributed by atoms with Crippen LogP contribution < -0.4 is 4.74 Å². The van der Waals surface area contributed by atoms with Gasteiger partial charge >= 0.3 is 11.9 Å². The van der Waals surface area contributed by atoms with Gasteiger partial charge in [0.2, 0.25) is 0 Å². The fourth-order valence-corrected chi connectivity index (χ4v) is 4.34. The highest BCUT2D eigenvalue weighted by molar-refractivity contribution is 5.93. The van der Waals surface area contributed by atoms with E-state index in [4.69, 9.17) is 25.2 Å². The molecule has 1 aliphatic rings. The molecular formula is C30H35FN3O8+. The van der Waals surface area contributed by atoms with Gasteiger partial charge in [0, 0.05) is 32.1 Å². The molecule has 2 unspecified atom stereocenters. The molecule has 4 N–H and O–H groups in total. The number of amides is 1. The van der Waals surface area contributed by atoms with Crippen LogP contribution in [0.4, 0.5) is 4.39 Å². The average molecular weight is 585 g/mol. The predicted molar refractivity (Wildman–Crippen MR) is 150 cm³/mol. The molecule has 1 fully saturated rings. The molecule has 224 valence electrons. The van der Waals surface area contributed by atoms with E-state index in [9.17, 15) is 18.8 Å². The average Bonchev–Trinajstić information content (AvgIpc) is 2.97. The molecule has 4 rings (SSSR count). The van der Waals surface area contributed by atoms with E-state index in [2.05, 4.69) is 19.1 Å². The fraction of sp³-hybridized carbons (Fsp3) is 0.333. The number of ether oxygens (including phenoxy) is 1. The first-order valence-corrected chi connectivity index (χ1v) is 13.2. The first-order chi connectivity index (χ1) is 19.8. The topological polar surface area (TPSA) is 157 Å². The summed E-state index contributed by atoms with van der Waals surface area (Å²) in [5.74, 6) is -2.65. The molecule has 1 aromatic heterocycles. The number of quaternary nitrogens is 1. The number of aliphatic hydroxyl groups excluding tert-OH is 2. The highest BCUT2D eigenvalue weighted by Gasteiger charge is 2.31. The van der Waals surface area contributed by atoms with E-state index in [-0.39, 0.29) is 17.8 Å². The number of pyridine rings is 1. The Morgan fingerprint density at radius 1 is 0.881 bits per heavy atom. The monoisotopic (exact) mass is 584 g/mol. The number of rotatable bonds is 8. The lowest BCUT2D eigenvalue weighted by molar-refractivity contribution is -0.895. The number of aliphatic hydroxyl groups is 2. The maximum absolute atomic E-state index is 13.1. The number of likely N-dealkylation sites (tertiary alicyclic amines) is 1. The number of hydrogen-bond acceptors (Lipinski definition) is 7. The summed E-state index contributed by atoms with van der Waals surface area (Å²) in [5.41, 5.74) is 2.34. The number of piperidine rings is 1. The van der Waals surface area contributed by atoms with Crippen LogP contribution in [0.3, 0.4) is 0 Å². The van der Waals surface area contributed by atoms with E-state index in [1.165, 1.54) is 12.1 Å². The third kappa shape index (κ3) is 8.80. The van der Waals surface area contributed by atoms with Gasteiger partial charge in [-0.3, -0.25) is 9.78 Å². The maximum Gasteiger partial charge on any atom is 0.335 e. The van der Waals surface area contributed by atoms with Crippen LogP contribution in [0.15, 0.2) is 66.9 Å². The van der Waals surface area contributed by atoms with Gasteiger partial charge in [0.25, 0.3) is 5.91 Å².